The van der Waals surface area contributed by atoms with Crippen molar-refractivity contribution in [3.8, 4) is 0 Å². The van der Waals surface area contributed by atoms with Gasteiger partial charge in [0, 0.05) is 0 Å². The number of rotatable bonds is 1. The van der Waals surface area contributed by atoms with E-state index >= 15 is 0 Å². The van der Waals surface area contributed by atoms with E-state index < -0.39 is 7.82 Å². The molecule has 0 radical (unpaired) electrons. The van der Waals surface area contributed by atoms with Gasteiger partial charge in [-0.05, 0) is 4.53 Å². The van der Waals surface area contributed by atoms with Crippen molar-refractivity contribution in [2.45, 2.75) is 0 Å². The Morgan fingerprint density at radius 2 is 1.75 bits per heavy atom. The molecular weight excluding hydrogens is 165 g/mol. The minimum atomic E-state index is -4.81. The van der Waals surface area contributed by atoms with E-state index in [-0.39, 0.29) is 43.3 Å². The van der Waals surface area contributed by atoms with Crippen molar-refractivity contribution in [3.05, 3.63) is 0 Å². The summed E-state index contributed by atoms with van der Waals surface area (Å²) in [5.74, 6) is 0. The summed E-state index contributed by atoms with van der Waals surface area (Å²) in [7, 11) is -4.81. The molecule has 4 nitrogen and oxygen atoms in total. The van der Waals surface area contributed by atoms with Crippen LogP contribution in [0, 0.1) is 0 Å². The number of phosphoric acid groups is 1. The summed E-state index contributed by atoms with van der Waals surface area (Å²) in [5.41, 5.74) is 0. The van der Waals surface area contributed by atoms with E-state index in [1.165, 1.54) is 0 Å². The summed E-state index contributed by atoms with van der Waals surface area (Å²) in [6.07, 6.45) is 0. The number of halogens is 1. The molecule has 0 aliphatic carbocycles. The zero-order chi connectivity index (χ0) is 5.21. The Morgan fingerprint density at radius 3 is 1.75 bits per heavy atom. The van der Waals surface area contributed by atoms with Crippen molar-refractivity contribution in [3.63, 3.8) is 0 Å². The van der Waals surface area contributed by atoms with Gasteiger partial charge in [0.05, 0.1) is 0 Å². The SMILES string of the molecule is O=P(O)(O)OF.[AlH3].[H-].[H-].[Mg+2]. The molecule has 0 aliphatic rings. The van der Waals surface area contributed by atoms with Gasteiger partial charge in [-0.15, -0.1) is 0 Å². The molecule has 0 rings (SSSR count). The maximum atomic E-state index is 10.2. The first kappa shape index (κ1) is 16.2. The standard InChI is InChI=1S/Al.FH2O4P.Mg.5H/c;1-5-6(2,3)4;;;;;;/h;(H2,2,3,4);;;;;;/q;;+2;;;;2*-1. The van der Waals surface area contributed by atoms with Crippen LogP contribution in [0.25, 0.3) is 0 Å². The van der Waals surface area contributed by atoms with Crippen LogP contribution in [-0.2, 0) is 9.29 Å². The largest absolute Gasteiger partial charge is 2.00 e. The fourth-order valence-corrected chi connectivity index (χ4v) is 0. The van der Waals surface area contributed by atoms with Gasteiger partial charge in [-0.3, -0.25) is 0 Å². The average Bonchev–Trinajstić information content (AvgIpc) is 1.35. The molecule has 0 atom stereocenters. The minimum Gasteiger partial charge on any atom is -1.00 e. The molecule has 8 heteroatoms. The first-order valence-corrected chi connectivity index (χ1v) is 2.45. The Balaban J connectivity index is -0.0000000208. The van der Waals surface area contributed by atoms with Crippen molar-refractivity contribution in [2.24, 2.45) is 0 Å². The van der Waals surface area contributed by atoms with Crippen molar-refractivity contribution in [1.82, 2.24) is 0 Å². The molecule has 0 aromatic heterocycles. The Kier molecular flexibility index (Phi) is 13.0. The van der Waals surface area contributed by atoms with E-state index in [1.807, 2.05) is 0 Å². The summed E-state index contributed by atoms with van der Waals surface area (Å²) in [5, 5.41) is 0. The van der Waals surface area contributed by atoms with Crippen LogP contribution < -0.4 is 0 Å². The van der Waals surface area contributed by atoms with Gasteiger partial charge in [-0.25, -0.2) is 4.57 Å². The molecular formula is H7AlFMgO4P. The quantitative estimate of drug-likeness (QED) is 0.379. The summed E-state index contributed by atoms with van der Waals surface area (Å²) in [4.78, 5) is 14.7. The van der Waals surface area contributed by atoms with Crippen LogP contribution in [0.5, 0.6) is 0 Å². The van der Waals surface area contributed by atoms with E-state index in [9.17, 15) is 4.53 Å². The average molecular weight is 172 g/mol. The fraction of sp³-hybridized carbons (Fsp3) is 0. The van der Waals surface area contributed by atoms with Gasteiger partial charge in [0.1, 0.15) is 0 Å². The van der Waals surface area contributed by atoms with E-state index in [4.69, 9.17) is 14.4 Å². The second kappa shape index (κ2) is 6.46. The molecule has 2 N–H and O–H groups in total. The predicted molar refractivity (Wildman–Crippen MR) is 32.2 cm³/mol. The van der Waals surface area contributed by atoms with Crippen LogP contribution in [0.15, 0.2) is 0 Å². The van der Waals surface area contributed by atoms with Crippen LogP contribution in [0.4, 0.5) is 4.53 Å². The molecule has 0 bridgehead atoms. The predicted octanol–water partition coefficient (Wildman–Crippen LogP) is -1.36. The molecule has 0 saturated carbocycles. The summed E-state index contributed by atoms with van der Waals surface area (Å²) < 4.78 is 21.4. The van der Waals surface area contributed by atoms with Crippen molar-refractivity contribution in [1.29, 1.82) is 0 Å². The van der Waals surface area contributed by atoms with Gasteiger partial charge in [-0.1, -0.05) is 4.73 Å². The molecule has 0 fully saturated rings. The summed E-state index contributed by atoms with van der Waals surface area (Å²) in [6, 6.07) is 0. The van der Waals surface area contributed by atoms with Crippen molar-refractivity contribution < 1.29 is 26.5 Å². The molecule has 0 amide bonds. The molecule has 0 aromatic rings. The Morgan fingerprint density at radius 1 is 1.62 bits per heavy atom. The molecule has 8 heavy (non-hydrogen) atoms. The first-order valence-electron chi connectivity index (χ1n) is 0.919. The third-order valence-electron chi connectivity index (χ3n) is 0.0899. The second-order valence-corrected chi connectivity index (χ2v) is 1.68. The van der Waals surface area contributed by atoms with Crippen LogP contribution >= 0.6 is 7.82 Å². The maximum Gasteiger partial charge on any atom is 2.00 e. The van der Waals surface area contributed by atoms with Gasteiger partial charge < -0.3 is 12.6 Å². The van der Waals surface area contributed by atoms with Gasteiger partial charge >= 0.3 is 30.9 Å². The molecule has 0 saturated heterocycles. The van der Waals surface area contributed by atoms with Gasteiger partial charge in [0.15, 0.2) is 17.4 Å². The molecule has 0 heterocycles. The smallest absolute Gasteiger partial charge is 1.00 e. The Hall–Kier alpha value is 1.34. The van der Waals surface area contributed by atoms with Crippen LogP contribution in [0.1, 0.15) is 2.85 Å². The van der Waals surface area contributed by atoms with Gasteiger partial charge in [-0.2, -0.15) is 0 Å². The Labute approximate surface area is 74.8 Å². The van der Waals surface area contributed by atoms with Crippen LogP contribution in [0.2, 0.25) is 0 Å². The molecule has 0 spiro atoms. The van der Waals surface area contributed by atoms with Crippen molar-refractivity contribution >= 4 is 48.2 Å². The molecule has 48 valence electrons. The van der Waals surface area contributed by atoms with E-state index in [0.29, 0.717) is 0 Å². The Bertz CT molecular complexity index is 87.3. The number of hydrogen-bond acceptors (Lipinski definition) is 2. The number of hydrogen-bond donors (Lipinski definition) is 2. The molecule has 0 aromatic carbocycles. The normalized spacial score (nSPS) is 8.88. The van der Waals surface area contributed by atoms with E-state index in [1.54, 1.807) is 0 Å². The molecule has 0 aliphatic heterocycles. The van der Waals surface area contributed by atoms with Crippen molar-refractivity contribution in [2.75, 3.05) is 0 Å². The monoisotopic (exact) mass is 172 g/mol. The maximum absolute atomic E-state index is 10.2. The van der Waals surface area contributed by atoms with Crippen LogP contribution in [0.3, 0.4) is 0 Å². The summed E-state index contributed by atoms with van der Waals surface area (Å²) in [6.45, 7) is 0. The molecule has 0 unspecified atom stereocenters. The van der Waals surface area contributed by atoms with Gasteiger partial charge in [0.2, 0.25) is 0 Å². The van der Waals surface area contributed by atoms with E-state index in [2.05, 4.69) is 4.73 Å². The van der Waals surface area contributed by atoms with Crippen LogP contribution in [-0.4, -0.2) is 50.2 Å². The first-order chi connectivity index (χ1) is 2.56. The zero-order valence-corrected chi connectivity index (χ0v) is 5.55. The summed E-state index contributed by atoms with van der Waals surface area (Å²) >= 11 is 0. The minimum absolute atomic E-state index is 0. The topological polar surface area (TPSA) is 66.8 Å². The second-order valence-electron chi connectivity index (χ2n) is 0.560. The van der Waals surface area contributed by atoms with E-state index in [0.717, 1.165) is 0 Å². The van der Waals surface area contributed by atoms with Gasteiger partial charge in [0.25, 0.3) is 0 Å². The third kappa shape index (κ3) is 15.7. The zero-order valence-electron chi connectivity index (χ0n) is 5.24. The third-order valence-corrected chi connectivity index (χ3v) is 0.270. The fourth-order valence-electron chi connectivity index (χ4n) is 0.